The van der Waals surface area contributed by atoms with Crippen LogP contribution in [0.3, 0.4) is 0 Å². The Kier molecular flexibility index (Phi) is 11.4. The van der Waals surface area contributed by atoms with E-state index in [4.69, 9.17) is 29.4 Å². The number of hydrogen-bond acceptors (Lipinski definition) is 9. The first-order valence-corrected chi connectivity index (χ1v) is 18.6. The molecule has 0 amide bonds. The van der Waals surface area contributed by atoms with Crippen molar-refractivity contribution in [2.75, 3.05) is 52.5 Å². The van der Waals surface area contributed by atoms with Crippen LogP contribution in [-0.4, -0.2) is 68.2 Å². The number of ketones is 1. The molecule has 0 radical (unpaired) electrons. The van der Waals surface area contributed by atoms with Crippen molar-refractivity contribution >= 4 is 11.6 Å². The van der Waals surface area contributed by atoms with Crippen molar-refractivity contribution in [3.8, 4) is 44.9 Å². The van der Waals surface area contributed by atoms with Gasteiger partial charge in [0.1, 0.15) is 24.3 Å². The zero-order chi connectivity index (χ0) is 38.5. The number of anilines is 1. The van der Waals surface area contributed by atoms with Gasteiger partial charge in [-0.15, -0.1) is 0 Å². The molecule has 2 N–H and O–H groups in total. The summed E-state index contributed by atoms with van der Waals surface area (Å²) in [6.45, 7) is 8.05. The molecule has 0 saturated carbocycles. The molecule has 11 heteroatoms. The lowest BCUT2D eigenvalue weighted by atomic mass is 9.82. The Morgan fingerprint density at radius 3 is 2.42 bits per heavy atom. The second-order valence-electron chi connectivity index (χ2n) is 14.7. The number of Topliss-reactive ketones (excluding diaryl/α,β-unsaturated/α-hetero) is 1. The highest BCUT2D eigenvalue weighted by atomic mass is 19.1. The highest BCUT2D eigenvalue weighted by Crippen LogP contribution is 2.36. The van der Waals surface area contributed by atoms with Crippen molar-refractivity contribution < 1.29 is 32.9 Å². The van der Waals surface area contributed by atoms with Crippen LogP contribution in [0.25, 0.3) is 33.4 Å². The molecule has 2 saturated heterocycles. The minimum atomic E-state index is -0.565. The molecule has 55 heavy (non-hydrogen) atoms. The number of carbonyl (C=O) groups is 1. The Hall–Kier alpha value is -5.36. The molecule has 2 aliphatic rings. The Balaban J connectivity index is 1.13. The number of ether oxygens (including phenoxy) is 5. The first-order valence-electron chi connectivity index (χ1n) is 18.6. The van der Waals surface area contributed by atoms with Crippen molar-refractivity contribution in [1.82, 2.24) is 9.55 Å². The smallest absolute Gasteiger partial charge is 0.200 e. The average Bonchev–Trinajstić information content (AvgIpc) is 3.19. The van der Waals surface area contributed by atoms with Crippen LogP contribution in [-0.2, 0) is 27.2 Å². The SMILES string of the molecule is COc1cc(-c2cnc(N)c(-c3ccc(CC(=O)c4cn(CC5(C)CCOCC5)cc(-c5ccc(C)cc5)c4=O)cc3F)c2)ccc1OC[C@H]1COCCO1. The number of aryl methyl sites for hydroxylation is 1. The van der Waals surface area contributed by atoms with Gasteiger partial charge in [-0.3, -0.25) is 9.59 Å². The maximum absolute atomic E-state index is 16.0. The van der Waals surface area contributed by atoms with E-state index < -0.39 is 5.82 Å². The topological polar surface area (TPSA) is 124 Å². The third-order valence-electron chi connectivity index (χ3n) is 10.4. The minimum Gasteiger partial charge on any atom is -0.493 e. The van der Waals surface area contributed by atoms with Crippen molar-refractivity contribution in [2.24, 2.45) is 5.41 Å². The van der Waals surface area contributed by atoms with Gasteiger partial charge in [-0.1, -0.05) is 55.0 Å². The van der Waals surface area contributed by atoms with Crippen molar-refractivity contribution in [3.05, 3.63) is 118 Å². The van der Waals surface area contributed by atoms with Crippen molar-refractivity contribution in [1.29, 1.82) is 0 Å². The van der Waals surface area contributed by atoms with Gasteiger partial charge in [0.15, 0.2) is 22.7 Å². The van der Waals surface area contributed by atoms with Crippen molar-refractivity contribution in [2.45, 2.75) is 45.8 Å². The van der Waals surface area contributed by atoms with Crippen LogP contribution < -0.4 is 20.6 Å². The number of nitrogens with zero attached hydrogens (tertiary/aromatic N) is 2. The Morgan fingerprint density at radius 1 is 0.909 bits per heavy atom. The van der Waals surface area contributed by atoms with Crippen LogP contribution >= 0.6 is 0 Å². The van der Waals surface area contributed by atoms with Gasteiger partial charge in [-0.25, -0.2) is 9.37 Å². The number of aromatic nitrogens is 2. The molecule has 2 fully saturated rings. The number of hydrogen-bond donors (Lipinski definition) is 1. The lowest BCUT2D eigenvalue weighted by molar-refractivity contribution is -0.101. The molecule has 1 atom stereocenters. The van der Waals surface area contributed by atoms with E-state index in [-0.39, 0.29) is 46.1 Å². The summed E-state index contributed by atoms with van der Waals surface area (Å²) < 4.78 is 46.2. The van der Waals surface area contributed by atoms with Gasteiger partial charge in [0, 0.05) is 67.0 Å². The highest BCUT2D eigenvalue weighted by Gasteiger charge is 2.29. The Bertz CT molecular complexity index is 2220. The lowest BCUT2D eigenvalue weighted by Gasteiger charge is -2.34. The van der Waals surface area contributed by atoms with Crippen LogP contribution in [0.15, 0.2) is 90.1 Å². The van der Waals surface area contributed by atoms with E-state index in [2.05, 4.69) is 11.9 Å². The number of methoxy groups -OCH3 is 1. The predicted molar refractivity (Wildman–Crippen MR) is 209 cm³/mol. The van der Waals surface area contributed by atoms with Gasteiger partial charge in [-0.05, 0) is 66.1 Å². The Morgan fingerprint density at radius 2 is 1.69 bits per heavy atom. The van der Waals surface area contributed by atoms with E-state index >= 15 is 4.39 Å². The van der Waals surface area contributed by atoms with Crippen LogP contribution in [0, 0.1) is 18.2 Å². The fourth-order valence-electron chi connectivity index (χ4n) is 7.12. The van der Waals surface area contributed by atoms with Crippen LogP contribution in [0.4, 0.5) is 10.2 Å². The van der Waals surface area contributed by atoms with Gasteiger partial charge < -0.3 is 34.0 Å². The standard InChI is InChI=1S/C44H46FN3O7/c1-28-4-7-30(8-5-28)36-23-48(27-44(2)12-14-52-15-13-44)24-37(42(36)50)39(49)19-29-6-10-34(38(45)18-29)35-20-32(22-47-43(35)46)31-9-11-40(41(21-31)51-3)55-26-33-25-53-16-17-54-33/h4-11,18,20-24,33H,12-17,19,25-27H2,1-3H3,(H2,46,47)/t33-/m1/s1. The zero-order valence-corrected chi connectivity index (χ0v) is 31.4. The summed E-state index contributed by atoms with van der Waals surface area (Å²) in [4.78, 5) is 32.2. The number of nitrogens with two attached hydrogens (primary N) is 1. The average molecular weight is 748 g/mol. The molecule has 0 spiro atoms. The molecule has 2 aromatic heterocycles. The number of rotatable bonds is 12. The van der Waals surface area contributed by atoms with Crippen molar-refractivity contribution in [3.63, 3.8) is 0 Å². The van der Waals surface area contributed by atoms with Gasteiger partial charge >= 0.3 is 0 Å². The molecule has 7 rings (SSSR count). The number of benzene rings is 3. The molecular weight excluding hydrogens is 701 g/mol. The first-order chi connectivity index (χ1) is 26.6. The summed E-state index contributed by atoms with van der Waals surface area (Å²) in [5.74, 6) is 0.266. The van der Waals surface area contributed by atoms with Crippen LogP contribution in [0.1, 0.15) is 41.3 Å². The largest absolute Gasteiger partial charge is 0.493 e. The number of nitrogen functional groups attached to an aromatic ring is 1. The molecule has 5 aromatic rings. The number of pyridine rings is 2. The second-order valence-corrected chi connectivity index (χ2v) is 14.7. The molecule has 4 heterocycles. The fraction of sp³-hybridized carbons (Fsp3) is 0.341. The third kappa shape index (κ3) is 8.80. The zero-order valence-electron chi connectivity index (χ0n) is 31.4. The first kappa shape index (κ1) is 37.9. The van der Waals surface area contributed by atoms with Gasteiger partial charge in [0.05, 0.1) is 32.5 Å². The molecule has 286 valence electrons. The minimum absolute atomic E-state index is 0.0464. The maximum Gasteiger partial charge on any atom is 0.200 e. The lowest BCUT2D eigenvalue weighted by Crippen LogP contribution is -2.33. The van der Waals surface area contributed by atoms with Gasteiger partial charge in [0.2, 0.25) is 0 Å². The van der Waals surface area contributed by atoms with E-state index in [0.29, 0.717) is 79.9 Å². The second kappa shape index (κ2) is 16.6. The molecule has 0 unspecified atom stereocenters. The van der Waals surface area contributed by atoms with E-state index in [1.165, 1.54) is 6.07 Å². The normalized spacial score (nSPS) is 16.8. The summed E-state index contributed by atoms with van der Waals surface area (Å²) in [6, 6.07) is 19.5. The number of carbonyl (C=O) groups excluding carboxylic acids is 1. The fourth-order valence-corrected chi connectivity index (χ4v) is 7.12. The predicted octanol–water partition coefficient (Wildman–Crippen LogP) is 7.32. The quantitative estimate of drug-likeness (QED) is 0.131. The maximum atomic E-state index is 16.0. The molecule has 10 nitrogen and oxygen atoms in total. The monoisotopic (exact) mass is 747 g/mol. The molecule has 0 bridgehead atoms. The molecule has 3 aromatic carbocycles. The van der Waals surface area contributed by atoms with E-state index in [1.807, 2.05) is 54.1 Å². The molecule has 2 aliphatic heterocycles. The summed E-state index contributed by atoms with van der Waals surface area (Å²) >= 11 is 0. The van der Waals surface area contributed by atoms with E-state index in [1.54, 1.807) is 43.8 Å². The summed E-state index contributed by atoms with van der Waals surface area (Å²) in [5, 5.41) is 0. The highest BCUT2D eigenvalue weighted by molar-refractivity contribution is 5.98. The number of halogens is 1. The van der Waals surface area contributed by atoms with Crippen LogP contribution in [0.2, 0.25) is 0 Å². The summed E-state index contributed by atoms with van der Waals surface area (Å²) in [7, 11) is 1.56. The summed E-state index contributed by atoms with van der Waals surface area (Å²) in [5.41, 5.74) is 10.7. The van der Waals surface area contributed by atoms with E-state index in [9.17, 15) is 9.59 Å². The van der Waals surface area contributed by atoms with Gasteiger partial charge in [-0.2, -0.15) is 0 Å². The molecule has 0 aliphatic carbocycles. The third-order valence-corrected chi connectivity index (χ3v) is 10.4. The summed E-state index contributed by atoms with van der Waals surface area (Å²) in [6.07, 6.45) is 6.54. The van der Waals surface area contributed by atoms with Crippen LogP contribution in [0.5, 0.6) is 11.5 Å². The Labute approximate surface area is 320 Å². The van der Waals surface area contributed by atoms with E-state index in [0.717, 1.165) is 29.5 Å². The molecular formula is C44H46FN3O7. The van der Waals surface area contributed by atoms with Gasteiger partial charge in [0.25, 0.3) is 0 Å².